The summed E-state index contributed by atoms with van der Waals surface area (Å²) in [6.45, 7) is 4.71. The molecule has 0 amide bonds. The molecule has 0 bridgehead atoms. The molecule has 5 nitrogen and oxygen atoms in total. The minimum atomic E-state index is -0.909. The van der Waals surface area contributed by atoms with Gasteiger partial charge in [0.1, 0.15) is 5.60 Å². The Bertz CT molecular complexity index is 1240. The molecule has 0 radical (unpaired) electrons. The first-order chi connectivity index (χ1) is 21.7. The second-order valence-corrected chi connectivity index (χ2v) is 15.6. The summed E-state index contributed by atoms with van der Waals surface area (Å²) in [6.07, 6.45) is 39.3. The van der Waals surface area contributed by atoms with Gasteiger partial charge < -0.3 is 14.7 Å². The number of carboxylic acid groups (broad SMARTS) is 1. The Morgan fingerprint density at radius 1 is 0.978 bits per heavy atom. The van der Waals surface area contributed by atoms with Gasteiger partial charge >= 0.3 is 5.97 Å². The van der Waals surface area contributed by atoms with Crippen LogP contribution < -0.4 is 0 Å². The highest BCUT2D eigenvalue weighted by molar-refractivity contribution is 5.66. The zero-order chi connectivity index (χ0) is 31.9. The molecule has 0 spiro atoms. The van der Waals surface area contributed by atoms with Crippen molar-refractivity contribution in [3.63, 3.8) is 0 Å². The van der Waals surface area contributed by atoms with Crippen molar-refractivity contribution >= 4 is 12.0 Å². The number of terminal acetylenes is 1. The SMILES string of the molecule is C#CC1(O)CCC2C3CCC4=Cc5oncc5CC4(C)C3CCC21C.O=C(O)CCCCCCCCCCCCC1C=CCC1. The number of rotatable bonds is 13. The van der Waals surface area contributed by atoms with Crippen molar-refractivity contribution in [2.24, 2.45) is 34.5 Å². The van der Waals surface area contributed by atoms with Crippen molar-refractivity contribution in [2.45, 2.75) is 154 Å². The summed E-state index contributed by atoms with van der Waals surface area (Å²) in [5.41, 5.74) is 1.99. The van der Waals surface area contributed by atoms with Gasteiger partial charge in [0.15, 0.2) is 5.76 Å². The van der Waals surface area contributed by atoms with E-state index in [1.807, 2.05) is 6.20 Å². The van der Waals surface area contributed by atoms with Crippen LogP contribution in [0.2, 0.25) is 0 Å². The Labute approximate surface area is 272 Å². The van der Waals surface area contributed by atoms with Gasteiger partial charge in [0.25, 0.3) is 0 Å². The molecule has 2 N–H and O–H groups in total. The van der Waals surface area contributed by atoms with Crippen molar-refractivity contribution in [3.8, 4) is 12.3 Å². The molecule has 3 saturated carbocycles. The maximum absolute atomic E-state index is 11.1. The van der Waals surface area contributed by atoms with Crippen LogP contribution in [0.5, 0.6) is 0 Å². The Balaban J connectivity index is 0.000000184. The zero-order valence-electron chi connectivity index (χ0n) is 28.2. The Morgan fingerprint density at radius 2 is 1.67 bits per heavy atom. The van der Waals surface area contributed by atoms with Gasteiger partial charge in [-0.15, -0.1) is 6.42 Å². The predicted molar refractivity (Wildman–Crippen MR) is 181 cm³/mol. The van der Waals surface area contributed by atoms with Crippen molar-refractivity contribution < 1.29 is 19.5 Å². The predicted octanol–water partition coefficient (Wildman–Crippen LogP) is 9.94. The highest BCUT2D eigenvalue weighted by Gasteiger charge is 2.63. The Kier molecular flexibility index (Phi) is 11.4. The maximum Gasteiger partial charge on any atom is 0.303 e. The summed E-state index contributed by atoms with van der Waals surface area (Å²) in [5, 5.41) is 23.6. The second kappa shape index (κ2) is 15.1. The average Bonchev–Trinajstić information content (AvgIpc) is 3.76. The number of fused-ring (bicyclic) bond motifs is 6. The first-order valence-electron chi connectivity index (χ1n) is 18.4. The van der Waals surface area contributed by atoms with Gasteiger partial charge in [-0.1, -0.05) is 100 Å². The molecule has 5 heteroatoms. The molecule has 7 atom stereocenters. The monoisotopic (exact) mass is 617 g/mol. The molecule has 5 aliphatic carbocycles. The van der Waals surface area contributed by atoms with Gasteiger partial charge in [-0.2, -0.15) is 0 Å². The molecule has 6 rings (SSSR count). The van der Waals surface area contributed by atoms with E-state index >= 15 is 0 Å². The van der Waals surface area contributed by atoms with Crippen LogP contribution in [0.3, 0.4) is 0 Å². The fourth-order valence-electron chi connectivity index (χ4n) is 10.2. The number of hydrogen-bond acceptors (Lipinski definition) is 4. The summed E-state index contributed by atoms with van der Waals surface area (Å²) < 4.78 is 5.43. The quantitative estimate of drug-likeness (QED) is 0.131. The zero-order valence-corrected chi connectivity index (χ0v) is 28.2. The largest absolute Gasteiger partial charge is 0.481 e. The lowest BCUT2D eigenvalue weighted by molar-refractivity contribution is -0.137. The number of unbranched alkanes of at least 4 members (excludes halogenated alkanes) is 9. The van der Waals surface area contributed by atoms with Crippen molar-refractivity contribution in [1.29, 1.82) is 0 Å². The topological polar surface area (TPSA) is 83.6 Å². The van der Waals surface area contributed by atoms with Gasteiger partial charge in [0.2, 0.25) is 0 Å². The third kappa shape index (κ3) is 7.48. The Hall–Kier alpha value is -2.32. The van der Waals surface area contributed by atoms with Crippen LogP contribution in [0.1, 0.15) is 154 Å². The Morgan fingerprint density at radius 3 is 2.33 bits per heavy atom. The van der Waals surface area contributed by atoms with Crippen LogP contribution in [0.25, 0.3) is 6.08 Å². The number of allylic oxidation sites excluding steroid dienone is 3. The third-order valence-corrected chi connectivity index (χ3v) is 13.0. The molecule has 248 valence electrons. The van der Waals surface area contributed by atoms with E-state index in [0.29, 0.717) is 24.2 Å². The summed E-state index contributed by atoms with van der Waals surface area (Å²) in [5.74, 6) is 5.87. The van der Waals surface area contributed by atoms with E-state index in [1.54, 1.807) is 5.57 Å². The number of carbonyl (C=O) groups is 1. The molecule has 1 aromatic rings. The van der Waals surface area contributed by atoms with E-state index in [9.17, 15) is 9.90 Å². The molecule has 5 aliphatic rings. The van der Waals surface area contributed by atoms with Gasteiger partial charge in [0.05, 0.1) is 6.20 Å². The minimum absolute atomic E-state index is 0.114. The summed E-state index contributed by atoms with van der Waals surface area (Å²) >= 11 is 0. The van der Waals surface area contributed by atoms with Gasteiger partial charge in [-0.3, -0.25) is 4.79 Å². The van der Waals surface area contributed by atoms with E-state index in [-0.39, 0.29) is 10.8 Å². The third-order valence-electron chi connectivity index (χ3n) is 13.0. The standard InChI is InChI=1S/C22H27NO2.C18H32O2/c1-4-22(24)10-8-18-16-6-5-15-11-19-14(13-23-25-19)12-20(15,2)17(16)7-9-21(18,22)3;19-18(20)16-10-8-6-4-2-1-3-5-7-9-13-17-14-11-12-15-17/h1,11,13,16-18,24H,5-10,12H2,2-3H3;11,14,17H,1-10,12-13,15-16H2,(H,19,20). The number of nitrogens with zero attached hydrogens (tertiary/aromatic N) is 1. The molecule has 7 unspecified atom stereocenters. The lowest BCUT2D eigenvalue weighted by atomic mass is 9.46. The van der Waals surface area contributed by atoms with Crippen LogP contribution in [0.4, 0.5) is 0 Å². The normalized spacial score (nSPS) is 34.4. The first kappa shape index (κ1) is 34.0. The summed E-state index contributed by atoms with van der Waals surface area (Å²) in [6, 6.07) is 0. The average molecular weight is 618 g/mol. The molecule has 0 aromatic carbocycles. The van der Waals surface area contributed by atoms with E-state index in [1.165, 1.54) is 82.6 Å². The molecule has 3 fully saturated rings. The van der Waals surface area contributed by atoms with E-state index in [0.717, 1.165) is 63.0 Å². The number of hydrogen-bond donors (Lipinski definition) is 2. The second-order valence-electron chi connectivity index (χ2n) is 15.6. The highest BCUT2D eigenvalue weighted by atomic mass is 16.5. The summed E-state index contributed by atoms with van der Waals surface area (Å²) in [7, 11) is 0. The molecular formula is C40H59NO4. The van der Waals surface area contributed by atoms with Crippen LogP contribution in [-0.4, -0.2) is 26.9 Å². The van der Waals surface area contributed by atoms with E-state index in [2.05, 4.69) is 43.2 Å². The lowest BCUT2D eigenvalue weighted by Crippen LogP contribution is -2.54. The molecule has 0 saturated heterocycles. The van der Waals surface area contributed by atoms with Crippen LogP contribution in [-0.2, 0) is 11.2 Å². The lowest BCUT2D eigenvalue weighted by Gasteiger charge is -2.58. The van der Waals surface area contributed by atoms with Crippen LogP contribution >= 0.6 is 0 Å². The summed E-state index contributed by atoms with van der Waals surface area (Å²) in [4.78, 5) is 10.3. The fourth-order valence-corrected chi connectivity index (χ4v) is 10.2. The first-order valence-corrected chi connectivity index (χ1v) is 18.4. The molecule has 1 aromatic heterocycles. The number of aromatic nitrogens is 1. The number of carboxylic acids is 1. The van der Waals surface area contributed by atoms with Gasteiger partial charge in [-0.25, -0.2) is 0 Å². The minimum Gasteiger partial charge on any atom is -0.481 e. The number of aliphatic hydroxyl groups is 1. The highest BCUT2D eigenvalue weighted by Crippen LogP contribution is 2.67. The number of aliphatic carboxylic acids is 1. The van der Waals surface area contributed by atoms with Gasteiger partial charge in [-0.05, 0) is 106 Å². The van der Waals surface area contributed by atoms with Crippen molar-refractivity contribution in [3.05, 3.63) is 35.2 Å². The maximum atomic E-state index is 11.1. The van der Waals surface area contributed by atoms with E-state index < -0.39 is 11.6 Å². The molecule has 45 heavy (non-hydrogen) atoms. The molecular weight excluding hydrogens is 558 g/mol. The van der Waals surface area contributed by atoms with Crippen LogP contribution in [0, 0.1) is 46.8 Å². The van der Waals surface area contributed by atoms with E-state index in [4.69, 9.17) is 16.1 Å². The van der Waals surface area contributed by atoms with Crippen molar-refractivity contribution in [2.75, 3.05) is 0 Å². The molecule has 1 heterocycles. The fraction of sp³-hybridized carbons (Fsp3) is 0.750. The molecule has 0 aliphatic heterocycles. The smallest absolute Gasteiger partial charge is 0.303 e. The van der Waals surface area contributed by atoms with Crippen molar-refractivity contribution in [1.82, 2.24) is 5.16 Å². The van der Waals surface area contributed by atoms with Gasteiger partial charge in [0, 0.05) is 17.4 Å². The van der Waals surface area contributed by atoms with Crippen LogP contribution in [0.15, 0.2) is 28.4 Å².